The predicted molar refractivity (Wildman–Crippen MR) is 226 cm³/mol. The van der Waals surface area contributed by atoms with Crippen LogP contribution in [0.25, 0.3) is 28.3 Å². The van der Waals surface area contributed by atoms with Gasteiger partial charge in [-0.25, -0.2) is 15.0 Å². The fraction of sp³-hybridized carbons (Fsp3) is 0.118. The Morgan fingerprint density at radius 1 is 0.614 bits per heavy atom. The van der Waals surface area contributed by atoms with Gasteiger partial charge in [0.2, 0.25) is 0 Å². The normalized spacial score (nSPS) is 21.4. The van der Waals surface area contributed by atoms with E-state index in [1.807, 2.05) is 60.7 Å². The van der Waals surface area contributed by atoms with Crippen LogP contribution in [0.4, 0.5) is 5.69 Å². The van der Waals surface area contributed by atoms with E-state index < -0.39 is 0 Å². The third-order valence-corrected chi connectivity index (χ3v) is 11.6. The molecule has 5 aliphatic rings. The van der Waals surface area contributed by atoms with Crippen molar-refractivity contribution >= 4 is 11.3 Å². The van der Waals surface area contributed by atoms with Crippen LogP contribution in [-0.4, -0.2) is 21.0 Å². The highest BCUT2D eigenvalue weighted by molar-refractivity contribution is 5.78. The zero-order valence-electron chi connectivity index (χ0n) is 31.1. The van der Waals surface area contributed by atoms with E-state index in [9.17, 15) is 0 Å². The molecule has 6 heteroatoms. The second kappa shape index (κ2) is 13.9. The van der Waals surface area contributed by atoms with E-state index in [4.69, 9.17) is 24.4 Å². The van der Waals surface area contributed by atoms with E-state index in [1.54, 1.807) is 0 Å². The highest BCUT2D eigenvalue weighted by Crippen LogP contribution is 2.51. The van der Waals surface area contributed by atoms with E-state index in [0.29, 0.717) is 11.6 Å². The van der Waals surface area contributed by atoms with Crippen LogP contribution in [0, 0.1) is 0 Å². The second-order valence-electron chi connectivity index (χ2n) is 15.0. The van der Waals surface area contributed by atoms with Crippen molar-refractivity contribution in [2.75, 3.05) is 4.90 Å². The van der Waals surface area contributed by atoms with Crippen LogP contribution in [-0.2, 0) is 0 Å². The highest BCUT2D eigenvalue weighted by atomic mass is 16.5. The van der Waals surface area contributed by atoms with E-state index in [0.717, 1.165) is 75.3 Å². The van der Waals surface area contributed by atoms with Gasteiger partial charge in [0.25, 0.3) is 0 Å². The summed E-state index contributed by atoms with van der Waals surface area (Å²) in [6.45, 7) is 0. The monoisotopic (exact) mass is 738 g/mol. The van der Waals surface area contributed by atoms with Crippen molar-refractivity contribution < 1.29 is 9.47 Å². The number of aromatic nitrogens is 3. The lowest BCUT2D eigenvalue weighted by Crippen LogP contribution is -2.38. The Morgan fingerprint density at radius 3 is 2.07 bits per heavy atom. The summed E-state index contributed by atoms with van der Waals surface area (Å²) in [6, 6.07) is 46.2. The first kappa shape index (κ1) is 33.3. The summed E-state index contributed by atoms with van der Waals surface area (Å²) >= 11 is 0. The molecule has 3 heterocycles. The molecule has 0 saturated heterocycles. The molecule has 0 saturated carbocycles. The topological polar surface area (TPSA) is 60.4 Å². The molecule has 6 nitrogen and oxygen atoms in total. The molecular weight excluding hydrogens is 701 g/mol. The summed E-state index contributed by atoms with van der Waals surface area (Å²) in [5.74, 6) is 5.91. The summed E-state index contributed by atoms with van der Waals surface area (Å²) in [5.41, 5.74) is 8.92. The lowest BCUT2D eigenvalue weighted by molar-refractivity contribution is 0.375. The number of anilines is 1. The van der Waals surface area contributed by atoms with Crippen LogP contribution in [0.15, 0.2) is 199 Å². The van der Waals surface area contributed by atoms with Gasteiger partial charge in [-0.2, -0.15) is 0 Å². The Bertz CT molecular complexity index is 2660. The van der Waals surface area contributed by atoms with Gasteiger partial charge in [0.1, 0.15) is 23.1 Å². The molecule has 11 rings (SSSR count). The molecule has 0 fully saturated rings. The van der Waals surface area contributed by atoms with Gasteiger partial charge in [0.05, 0.1) is 29.3 Å². The Labute approximate surface area is 332 Å². The third kappa shape index (κ3) is 6.01. The minimum atomic E-state index is -0.119. The van der Waals surface area contributed by atoms with Gasteiger partial charge in [0, 0.05) is 29.0 Å². The zero-order chi connectivity index (χ0) is 37.7. The van der Waals surface area contributed by atoms with Gasteiger partial charge >= 0.3 is 0 Å². The number of fused-ring (bicyclic) bond motifs is 4. The van der Waals surface area contributed by atoms with E-state index in [2.05, 4.69) is 126 Å². The lowest BCUT2D eigenvalue weighted by atomic mass is 9.81. The van der Waals surface area contributed by atoms with Crippen molar-refractivity contribution in [3.8, 4) is 34.3 Å². The molecule has 57 heavy (non-hydrogen) atoms. The molecule has 6 aromatic rings. The number of benzene rings is 5. The van der Waals surface area contributed by atoms with E-state index in [-0.39, 0.29) is 23.8 Å². The Kier molecular flexibility index (Phi) is 8.13. The summed E-state index contributed by atoms with van der Waals surface area (Å²) < 4.78 is 13.2. The minimum absolute atomic E-state index is 0.0390. The van der Waals surface area contributed by atoms with Gasteiger partial charge < -0.3 is 14.4 Å². The number of ether oxygens (including phenoxy) is 2. The molecule has 3 aliphatic carbocycles. The van der Waals surface area contributed by atoms with Crippen molar-refractivity contribution in [2.24, 2.45) is 0 Å². The number of hydrogen-bond donors (Lipinski definition) is 0. The van der Waals surface area contributed by atoms with Gasteiger partial charge in [-0.05, 0) is 53.5 Å². The van der Waals surface area contributed by atoms with Crippen molar-refractivity contribution in [2.45, 2.75) is 36.6 Å². The quantitative estimate of drug-likeness (QED) is 0.170. The van der Waals surface area contributed by atoms with Crippen LogP contribution < -0.4 is 14.4 Å². The minimum Gasteiger partial charge on any atom is -0.461 e. The largest absolute Gasteiger partial charge is 0.461 e. The molecule has 1 aromatic heterocycles. The van der Waals surface area contributed by atoms with Gasteiger partial charge in [-0.15, -0.1) is 0 Å². The van der Waals surface area contributed by atoms with Crippen molar-refractivity contribution in [3.05, 3.63) is 222 Å². The smallest absolute Gasteiger partial charge is 0.163 e. The fourth-order valence-electron chi connectivity index (χ4n) is 8.79. The molecule has 274 valence electrons. The number of rotatable bonds is 6. The first-order valence-electron chi connectivity index (χ1n) is 19.7. The molecule has 0 spiro atoms. The van der Waals surface area contributed by atoms with Gasteiger partial charge in [-0.3, -0.25) is 0 Å². The average Bonchev–Trinajstić information content (AvgIpc) is 3.67. The van der Waals surface area contributed by atoms with Crippen LogP contribution in [0.1, 0.15) is 53.1 Å². The maximum Gasteiger partial charge on any atom is 0.163 e. The molecule has 0 bridgehead atoms. The Hall–Kier alpha value is -7.05. The van der Waals surface area contributed by atoms with Gasteiger partial charge in [0.15, 0.2) is 17.4 Å². The molecule has 0 radical (unpaired) electrons. The summed E-state index contributed by atoms with van der Waals surface area (Å²) in [4.78, 5) is 17.6. The third-order valence-electron chi connectivity index (χ3n) is 11.6. The van der Waals surface area contributed by atoms with Crippen LogP contribution in [0.5, 0.6) is 11.5 Å². The summed E-state index contributed by atoms with van der Waals surface area (Å²) in [7, 11) is 0. The zero-order valence-corrected chi connectivity index (χ0v) is 31.1. The molecule has 0 N–H and O–H groups in total. The summed E-state index contributed by atoms with van der Waals surface area (Å²) in [6.07, 6.45) is 19.6. The second-order valence-corrected chi connectivity index (χ2v) is 15.0. The molecule has 4 unspecified atom stereocenters. The molecule has 5 aromatic carbocycles. The Morgan fingerprint density at radius 2 is 1.33 bits per heavy atom. The molecule has 4 atom stereocenters. The molecule has 2 aliphatic heterocycles. The average molecular weight is 739 g/mol. The van der Waals surface area contributed by atoms with Crippen molar-refractivity contribution in [3.63, 3.8) is 0 Å². The first-order valence-corrected chi connectivity index (χ1v) is 19.7. The molecular formula is C51H38N4O2. The standard InChI is InChI=1S/C51H38N4O2/c1-4-13-33(14-5-1)38-26-30-43-47(32-38)56-44-21-11-10-20-42(44)55(43)39-27-23-34(24-28-39)37-25-29-40-46(31-37)57-45-22-12-19-41(48(40)45)51-53-49(35-15-6-2-7-16-35)52-50(54-51)36-17-8-3-9-18-36/h1-27,29-31,38-39,41,48H,28,32H2. The Balaban J connectivity index is 0.876. The van der Waals surface area contributed by atoms with Crippen LogP contribution in [0.3, 0.4) is 0 Å². The maximum atomic E-state index is 6.63. The van der Waals surface area contributed by atoms with Crippen LogP contribution >= 0.6 is 0 Å². The van der Waals surface area contributed by atoms with Crippen LogP contribution in [0.2, 0.25) is 0 Å². The lowest BCUT2D eigenvalue weighted by Gasteiger charge is -2.40. The maximum absolute atomic E-state index is 6.63. The SMILES string of the molecule is C1=CC(c2nc(-c3ccccc3)nc(-c3ccccc3)n2)C2C(=C1)Oc1cc(C3=CCC(N4C5=C(CC(c6ccccc6)C=C5)Oc5ccccc54)C=C3)ccc12. The fourth-order valence-corrected chi connectivity index (χ4v) is 8.79. The number of allylic oxidation sites excluding steroid dienone is 9. The summed E-state index contributed by atoms with van der Waals surface area (Å²) in [5, 5.41) is 0. The first-order chi connectivity index (χ1) is 28.2. The van der Waals surface area contributed by atoms with Gasteiger partial charge in [-0.1, -0.05) is 152 Å². The number of hydrogen-bond acceptors (Lipinski definition) is 6. The highest BCUT2D eigenvalue weighted by Gasteiger charge is 2.39. The van der Waals surface area contributed by atoms with Crippen molar-refractivity contribution in [1.82, 2.24) is 15.0 Å². The predicted octanol–water partition coefficient (Wildman–Crippen LogP) is 11.5. The molecule has 0 amide bonds. The number of nitrogens with zero attached hydrogens (tertiary/aromatic N) is 4. The van der Waals surface area contributed by atoms with E-state index >= 15 is 0 Å². The van der Waals surface area contributed by atoms with E-state index in [1.165, 1.54) is 11.1 Å². The number of para-hydroxylation sites is 2. The van der Waals surface area contributed by atoms with Crippen molar-refractivity contribution in [1.29, 1.82) is 0 Å².